The van der Waals surface area contributed by atoms with Gasteiger partial charge in [0, 0.05) is 26.1 Å². The van der Waals surface area contributed by atoms with Gasteiger partial charge in [0.05, 0.1) is 5.69 Å². The fourth-order valence-electron chi connectivity index (χ4n) is 3.00. The second-order valence-electron chi connectivity index (χ2n) is 5.85. The third-order valence-electron chi connectivity index (χ3n) is 4.13. The van der Waals surface area contributed by atoms with Crippen LogP contribution in [0.5, 0.6) is 5.75 Å². The number of likely N-dealkylation sites (N-methyl/N-ethyl adjacent to an activating group) is 1. The minimum absolute atomic E-state index is 0.246. The van der Waals surface area contributed by atoms with E-state index in [1.54, 1.807) is 30.3 Å². The van der Waals surface area contributed by atoms with Crippen LogP contribution in [0.4, 0.5) is 16.2 Å². The predicted molar refractivity (Wildman–Crippen MR) is 97.2 cm³/mol. The van der Waals surface area contributed by atoms with Gasteiger partial charge in [0.1, 0.15) is 6.04 Å². The van der Waals surface area contributed by atoms with Crippen molar-refractivity contribution in [1.29, 1.82) is 0 Å². The topological polar surface area (TPSA) is 87.7 Å². The molecule has 0 saturated heterocycles. The summed E-state index contributed by atoms with van der Waals surface area (Å²) in [6, 6.07) is 12.9. The van der Waals surface area contributed by atoms with Crippen LogP contribution >= 0.6 is 0 Å². The van der Waals surface area contributed by atoms with Gasteiger partial charge < -0.3 is 15.4 Å². The molecule has 1 aliphatic rings. The lowest BCUT2D eigenvalue weighted by atomic mass is 10.1. The Labute approximate surface area is 150 Å². The normalized spacial score (nSPS) is 15.2. The summed E-state index contributed by atoms with van der Waals surface area (Å²) < 4.78 is 5.12. The van der Waals surface area contributed by atoms with E-state index >= 15 is 0 Å². The lowest BCUT2D eigenvalue weighted by molar-refractivity contribution is -0.131. The van der Waals surface area contributed by atoms with E-state index in [0.717, 1.165) is 5.56 Å². The van der Waals surface area contributed by atoms with E-state index < -0.39 is 18.0 Å². The Hall–Kier alpha value is -3.35. The Morgan fingerprint density at radius 1 is 1.08 bits per heavy atom. The third kappa shape index (κ3) is 3.37. The number of hydrogen-bond acceptors (Lipinski definition) is 4. The largest absolute Gasteiger partial charge is 0.424 e. The molecule has 7 nitrogen and oxygen atoms in total. The van der Waals surface area contributed by atoms with Crippen molar-refractivity contribution in [3.63, 3.8) is 0 Å². The van der Waals surface area contributed by atoms with Crippen LogP contribution in [0.15, 0.2) is 48.5 Å². The van der Waals surface area contributed by atoms with E-state index in [1.165, 1.54) is 18.9 Å². The summed E-state index contributed by atoms with van der Waals surface area (Å²) in [4.78, 5) is 37.9. The van der Waals surface area contributed by atoms with Crippen LogP contribution in [-0.2, 0) is 16.0 Å². The number of nitrogens with zero attached hydrogens (tertiary/aromatic N) is 1. The highest BCUT2D eigenvalue weighted by Gasteiger charge is 2.38. The Balaban J connectivity index is 1.91. The van der Waals surface area contributed by atoms with E-state index in [1.807, 2.05) is 18.2 Å². The van der Waals surface area contributed by atoms with E-state index in [0.29, 0.717) is 17.8 Å². The molecule has 2 N–H and O–H groups in total. The number of esters is 1. The molecule has 0 fully saturated rings. The molecule has 134 valence electrons. The van der Waals surface area contributed by atoms with Gasteiger partial charge in [0.25, 0.3) is 0 Å². The van der Waals surface area contributed by atoms with Crippen LogP contribution in [-0.4, -0.2) is 31.0 Å². The molecular weight excluding hydrogens is 334 g/mol. The van der Waals surface area contributed by atoms with Crippen molar-refractivity contribution < 1.29 is 19.1 Å². The summed E-state index contributed by atoms with van der Waals surface area (Å²) >= 11 is 0. The Bertz CT molecular complexity index is 865. The van der Waals surface area contributed by atoms with E-state index in [2.05, 4.69) is 10.6 Å². The zero-order valence-electron chi connectivity index (χ0n) is 14.5. The summed E-state index contributed by atoms with van der Waals surface area (Å²) in [5.41, 5.74) is 1.96. The first-order valence-corrected chi connectivity index (χ1v) is 8.18. The fourth-order valence-corrected chi connectivity index (χ4v) is 3.00. The number of benzene rings is 2. The molecule has 1 unspecified atom stereocenters. The number of amides is 3. The van der Waals surface area contributed by atoms with Gasteiger partial charge in [-0.25, -0.2) is 4.79 Å². The van der Waals surface area contributed by atoms with Crippen molar-refractivity contribution in [1.82, 2.24) is 5.32 Å². The quantitative estimate of drug-likeness (QED) is 0.655. The number of para-hydroxylation sites is 3. The van der Waals surface area contributed by atoms with Gasteiger partial charge >= 0.3 is 12.0 Å². The molecule has 2 aromatic rings. The monoisotopic (exact) mass is 353 g/mol. The summed E-state index contributed by atoms with van der Waals surface area (Å²) in [5.74, 6) is -0.483. The number of carbonyl (C=O) groups excluding carboxylic acids is 3. The molecule has 2 aromatic carbocycles. The fraction of sp³-hybridized carbons (Fsp3) is 0.211. The zero-order chi connectivity index (χ0) is 18.7. The minimum atomic E-state index is -0.640. The first-order chi connectivity index (χ1) is 12.5. The number of hydrogen-bond donors (Lipinski definition) is 2. The van der Waals surface area contributed by atoms with Crippen LogP contribution in [0.1, 0.15) is 12.5 Å². The molecule has 3 amide bonds. The molecule has 1 atom stereocenters. The number of ether oxygens (including phenoxy) is 1. The lowest BCUT2D eigenvalue weighted by Gasteiger charge is -2.25. The first kappa shape index (κ1) is 17.5. The molecule has 1 aliphatic heterocycles. The van der Waals surface area contributed by atoms with E-state index in [-0.39, 0.29) is 11.7 Å². The smallest absolute Gasteiger partial charge is 0.327 e. The Morgan fingerprint density at radius 2 is 1.77 bits per heavy atom. The van der Waals surface area contributed by atoms with Crippen LogP contribution in [0.3, 0.4) is 0 Å². The summed E-state index contributed by atoms with van der Waals surface area (Å²) in [6.07, 6.45) is 0.439. The molecule has 1 heterocycles. The average molecular weight is 353 g/mol. The Kier molecular flexibility index (Phi) is 4.88. The van der Waals surface area contributed by atoms with Crippen molar-refractivity contribution in [3.05, 3.63) is 54.1 Å². The van der Waals surface area contributed by atoms with Gasteiger partial charge in [0.15, 0.2) is 5.75 Å². The second-order valence-corrected chi connectivity index (χ2v) is 5.85. The number of rotatable bonds is 3. The third-order valence-corrected chi connectivity index (χ3v) is 4.13. The molecule has 0 saturated carbocycles. The van der Waals surface area contributed by atoms with Crippen molar-refractivity contribution in [2.75, 3.05) is 17.3 Å². The SMILES string of the molecule is CNC(=O)C1Cc2ccccc2N1C(=O)Nc1ccccc1OC(C)=O. The molecule has 0 aliphatic carbocycles. The maximum atomic E-state index is 12.9. The molecule has 0 aromatic heterocycles. The molecule has 7 heteroatoms. The molecule has 0 spiro atoms. The predicted octanol–water partition coefficient (Wildman–Crippen LogP) is 2.32. The highest BCUT2D eigenvalue weighted by Crippen LogP contribution is 2.33. The molecule has 0 bridgehead atoms. The van der Waals surface area contributed by atoms with E-state index in [4.69, 9.17) is 4.74 Å². The van der Waals surface area contributed by atoms with Gasteiger partial charge in [-0.05, 0) is 23.8 Å². The van der Waals surface area contributed by atoms with Crippen LogP contribution in [0.25, 0.3) is 0 Å². The number of urea groups is 1. The highest BCUT2D eigenvalue weighted by molar-refractivity contribution is 6.08. The van der Waals surface area contributed by atoms with Crippen LogP contribution in [0.2, 0.25) is 0 Å². The maximum absolute atomic E-state index is 12.9. The van der Waals surface area contributed by atoms with Gasteiger partial charge in [-0.15, -0.1) is 0 Å². The van der Waals surface area contributed by atoms with Crippen LogP contribution in [0, 0.1) is 0 Å². The van der Waals surface area contributed by atoms with E-state index in [9.17, 15) is 14.4 Å². The van der Waals surface area contributed by atoms with Gasteiger partial charge in [-0.3, -0.25) is 14.5 Å². The summed E-state index contributed by atoms with van der Waals surface area (Å²) in [5, 5.41) is 5.34. The zero-order valence-corrected chi connectivity index (χ0v) is 14.5. The number of anilines is 2. The van der Waals surface area contributed by atoms with Gasteiger partial charge in [-0.2, -0.15) is 0 Å². The summed E-state index contributed by atoms with van der Waals surface area (Å²) in [7, 11) is 1.54. The van der Waals surface area contributed by atoms with Crippen molar-refractivity contribution in [2.24, 2.45) is 0 Å². The first-order valence-electron chi connectivity index (χ1n) is 8.18. The number of fused-ring (bicyclic) bond motifs is 1. The van der Waals surface area contributed by atoms with Crippen LogP contribution < -0.4 is 20.3 Å². The number of carbonyl (C=O) groups is 3. The Morgan fingerprint density at radius 3 is 2.50 bits per heavy atom. The second kappa shape index (κ2) is 7.26. The van der Waals surface area contributed by atoms with Gasteiger partial charge in [0.2, 0.25) is 5.91 Å². The van der Waals surface area contributed by atoms with Crippen molar-refractivity contribution >= 4 is 29.3 Å². The molecule has 26 heavy (non-hydrogen) atoms. The molecule has 0 radical (unpaired) electrons. The van der Waals surface area contributed by atoms with Crippen molar-refractivity contribution in [3.8, 4) is 5.75 Å². The van der Waals surface area contributed by atoms with Gasteiger partial charge in [-0.1, -0.05) is 30.3 Å². The summed E-state index contributed by atoms with van der Waals surface area (Å²) in [6.45, 7) is 1.29. The van der Waals surface area contributed by atoms with Crippen molar-refractivity contribution in [2.45, 2.75) is 19.4 Å². The highest BCUT2D eigenvalue weighted by atomic mass is 16.5. The minimum Gasteiger partial charge on any atom is -0.424 e. The molecular formula is C19H19N3O4. The lowest BCUT2D eigenvalue weighted by Crippen LogP contribution is -2.48. The standard InChI is InChI=1S/C19H19N3O4/c1-12(23)26-17-10-6-4-8-14(17)21-19(25)22-15-9-5-3-7-13(15)11-16(22)18(24)20-2/h3-10,16H,11H2,1-2H3,(H,20,24)(H,21,25). The number of nitrogens with one attached hydrogen (secondary N) is 2. The maximum Gasteiger partial charge on any atom is 0.327 e. The average Bonchev–Trinajstić information content (AvgIpc) is 3.02. The molecule has 3 rings (SSSR count).